The van der Waals surface area contributed by atoms with Gasteiger partial charge in [0.1, 0.15) is 0 Å². The summed E-state index contributed by atoms with van der Waals surface area (Å²) in [5.41, 5.74) is 5.56. The smallest absolute Gasteiger partial charge is 0.00515 e. The maximum absolute atomic E-state index is 5.56. The number of unbranched alkanes of at least 4 members (excludes halogenated alkanes) is 6. The highest BCUT2D eigenvalue weighted by Gasteiger charge is 1.98. The predicted octanol–water partition coefficient (Wildman–Crippen LogP) is 3.63. The van der Waals surface area contributed by atoms with Crippen LogP contribution in [0.2, 0.25) is 0 Å². The number of hydrogen-bond donors (Lipinski definition) is 2. The van der Waals surface area contributed by atoms with Crippen molar-refractivity contribution in [1.29, 1.82) is 0 Å². The molecule has 2 heteroatoms. The molecule has 0 bridgehead atoms. The van der Waals surface area contributed by atoms with E-state index in [4.69, 9.17) is 5.73 Å². The number of nitrogens with two attached hydrogens (primary N) is 1. The molecule has 0 aromatic heterocycles. The lowest BCUT2D eigenvalue weighted by Gasteiger charge is -2.07. The van der Waals surface area contributed by atoms with E-state index < -0.39 is 0 Å². The first-order valence-electron chi connectivity index (χ1n) is 6.12. The van der Waals surface area contributed by atoms with Gasteiger partial charge in [-0.2, -0.15) is 12.6 Å². The summed E-state index contributed by atoms with van der Waals surface area (Å²) in [6.45, 7) is 3.09. The van der Waals surface area contributed by atoms with Crippen molar-refractivity contribution in [3.05, 3.63) is 0 Å². The Hall–Kier alpha value is 0.310. The lowest BCUT2D eigenvalue weighted by Crippen LogP contribution is -2.10. The van der Waals surface area contributed by atoms with Gasteiger partial charge in [-0.1, -0.05) is 45.4 Å². The molecule has 1 unspecified atom stereocenters. The third-order valence-electron chi connectivity index (χ3n) is 2.76. The van der Waals surface area contributed by atoms with E-state index in [-0.39, 0.29) is 0 Å². The summed E-state index contributed by atoms with van der Waals surface area (Å²) >= 11 is 4.20. The van der Waals surface area contributed by atoms with Gasteiger partial charge < -0.3 is 5.73 Å². The third kappa shape index (κ3) is 10.4. The second-order valence-corrected chi connectivity index (χ2v) is 4.78. The van der Waals surface area contributed by atoms with Crippen LogP contribution in [0.15, 0.2) is 0 Å². The molecule has 1 atom stereocenters. The van der Waals surface area contributed by atoms with E-state index in [0.29, 0.717) is 0 Å². The van der Waals surface area contributed by atoms with Gasteiger partial charge >= 0.3 is 0 Å². The minimum atomic E-state index is 0.721. The highest BCUT2D eigenvalue weighted by atomic mass is 32.1. The summed E-state index contributed by atoms with van der Waals surface area (Å²) in [6.07, 6.45) is 10.9. The van der Waals surface area contributed by atoms with E-state index in [2.05, 4.69) is 19.6 Å². The van der Waals surface area contributed by atoms with Crippen molar-refractivity contribution in [1.82, 2.24) is 0 Å². The van der Waals surface area contributed by atoms with E-state index >= 15 is 0 Å². The van der Waals surface area contributed by atoms with Gasteiger partial charge in [0, 0.05) is 0 Å². The second-order valence-electron chi connectivity index (χ2n) is 4.33. The molecule has 0 rings (SSSR count). The van der Waals surface area contributed by atoms with E-state index in [1.807, 2.05) is 0 Å². The molecule has 2 N–H and O–H groups in total. The normalized spacial score (nSPS) is 13.1. The topological polar surface area (TPSA) is 26.0 Å². The monoisotopic (exact) mass is 217 g/mol. The number of thiol groups is 1. The molecule has 86 valence electrons. The largest absolute Gasteiger partial charge is 0.330 e. The summed E-state index contributed by atoms with van der Waals surface area (Å²) in [5.74, 6) is 1.77. The Labute approximate surface area is 95.2 Å². The van der Waals surface area contributed by atoms with Crippen LogP contribution in [-0.2, 0) is 0 Å². The molecule has 0 aliphatic carbocycles. The molecule has 1 nitrogen and oxygen atoms in total. The highest BCUT2D eigenvalue weighted by molar-refractivity contribution is 7.80. The van der Waals surface area contributed by atoms with Crippen LogP contribution < -0.4 is 5.73 Å². The molecule has 0 aromatic rings. The van der Waals surface area contributed by atoms with Gasteiger partial charge in [-0.3, -0.25) is 0 Å². The van der Waals surface area contributed by atoms with Crippen LogP contribution in [0.4, 0.5) is 0 Å². The SMILES string of the molecule is CC(CN)CCCCCCCCCS. The highest BCUT2D eigenvalue weighted by Crippen LogP contribution is 2.11. The minimum absolute atomic E-state index is 0.721. The van der Waals surface area contributed by atoms with Gasteiger partial charge in [0.25, 0.3) is 0 Å². The Kier molecular flexibility index (Phi) is 11.6. The molecular weight excluding hydrogens is 190 g/mol. The lowest BCUT2D eigenvalue weighted by molar-refractivity contribution is 0.489. The van der Waals surface area contributed by atoms with Crippen molar-refractivity contribution in [2.45, 2.75) is 58.3 Å². The maximum atomic E-state index is 5.56. The summed E-state index contributed by atoms with van der Waals surface area (Å²) in [5, 5.41) is 0. The van der Waals surface area contributed by atoms with Crippen molar-refractivity contribution in [3.8, 4) is 0 Å². The van der Waals surface area contributed by atoms with Crippen molar-refractivity contribution in [2.75, 3.05) is 12.3 Å². The Morgan fingerprint density at radius 2 is 1.43 bits per heavy atom. The van der Waals surface area contributed by atoms with E-state index in [9.17, 15) is 0 Å². The fourth-order valence-corrected chi connectivity index (χ4v) is 1.83. The van der Waals surface area contributed by atoms with Gasteiger partial charge in [-0.05, 0) is 31.1 Å². The zero-order valence-electron chi connectivity index (χ0n) is 9.67. The first-order chi connectivity index (χ1) is 6.81. The molecule has 0 aliphatic heterocycles. The van der Waals surface area contributed by atoms with Gasteiger partial charge in [0.05, 0.1) is 0 Å². The van der Waals surface area contributed by atoms with E-state index in [0.717, 1.165) is 18.2 Å². The first kappa shape index (κ1) is 14.3. The van der Waals surface area contributed by atoms with Gasteiger partial charge in [-0.25, -0.2) is 0 Å². The summed E-state index contributed by atoms with van der Waals surface area (Å²) in [4.78, 5) is 0. The van der Waals surface area contributed by atoms with Crippen LogP contribution in [0.5, 0.6) is 0 Å². The maximum Gasteiger partial charge on any atom is -0.00515 e. The fourth-order valence-electron chi connectivity index (χ4n) is 1.61. The zero-order valence-corrected chi connectivity index (χ0v) is 10.6. The van der Waals surface area contributed by atoms with Crippen molar-refractivity contribution < 1.29 is 0 Å². The zero-order chi connectivity index (χ0) is 10.6. The average molecular weight is 217 g/mol. The molecule has 0 saturated heterocycles. The van der Waals surface area contributed by atoms with Crippen LogP contribution in [0, 0.1) is 5.92 Å². The molecule has 0 amide bonds. The second kappa shape index (κ2) is 11.4. The summed E-state index contributed by atoms with van der Waals surface area (Å²) < 4.78 is 0. The summed E-state index contributed by atoms with van der Waals surface area (Å²) in [7, 11) is 0. The standard InChI is InChI=1S/C12H27NS/c1-12(11-13)9-7-5-3-2-4-6-8-10-14/h12,14H,2-11,13H2,1H3. The quantitative estimate of drug-likeness (QED) is 0.424. The van der Waals surface area contributed by atoms with Gasteiger partial charge in [0.2, 0.25) is 0 Å². The Balaban J connectivity index is 2.92. The lowest BCUT2D eigenvalue weighted by atomic mass is 10.0. The fraction of sp³-hybridized carbons (Fsp3) is 1.00. The molecule has 0 radical (unpaired) electrons. The Bertz CT molecular complexity index is 106. The van der Waals surface area contributed by atoms with E-state index in [1.54, 1.807) is 0 Å². The van der Waals surface area contributed by atoms with Gasteiger partial charge in [0.15, 0.2) is 0 Å². The molecule has 14 heavy (non-hydrogen) atoms. The Morgan fingerprint density at radius 3 is 1.93 bits per heavy atom. The van der Waals surface area contributed by atoms with Crippen molar-refractivity contribution >= 4 is 12.6 Å². The van der Waals surface area contributed by atoms with Gasteiger partial charge in [-0.15, -0.1) is 0 Å². The number of hydrogen-bond acceptors (Lipinski definition) is 2. The predicted molar refractivity (Wildman–Crippen MR) is 69.0 cm³/mol. The molecule has 0 spiro atoms. The molecule has 0 aromatic carbocycles. The minimum Gasteiger partial charge on any atom is -0.330 e. The van der Waals surface area contributed by atoms with Crippen LogP contribution in [0.25, 0.3) is 0 Å². The molecule has 0 fully saturated rings. The van der Waals surface area contributed by atoms with E-state index in [1.165, 1.54) is 51.4 Å². The molecule has 0 aliphatic rings. The third-order valence-corrected chi connectivity index (χ3v) is 3.07. The molecule has 0 heterocycles. The molecule has 0 saturated carbocycles. The van der Waals surface area contributed by atoms with Crippen LogP contribution in [0.3, 0.4) is 0 Å². The molecular formula is C12H27NS. The number of rotatable bonds is 10. The van der Waals surface area contributed by atoms with Crippen LogP contribution in [0.1, 0.15) is 58.3 Å². The first-order valence-corrected chi connectivity index (χ1v) is 6.75. The summed E-state index contributed by atoms with van der Waals surface area (Å²) in [6, 6.07) is 0. The van der Waals surface area contributed by atoms with Crippen molar-refractivity contribution in [2.24, 2.45) is 11.7 Å². The van der Waals surface area contributed by atoms with Crippen LogP contribution in [-0.4, -0.2) is 12.3 Å². The van der Waals surface area contributed by atoms with Crippen molar-refractivity contribution in [3.63, 3.8) is 0 Å². The van der Waals surface area contributed by atoms with Crippen LogP contribution >= 0.6 is 12.6 Å². The Morgan fingerprint density at radius 1 is 0.929 bits per heavy atom. The average Bonchev–Trinajstić information content (AvgIpc) is 2.21.